The van der Waals surface area contributed by atoms with E-state index in [2.05, 4.69) is 86.7 Å². The fraction of sp³-hybridized carbons (Fsp3) is 0.538. The number of rotatable bonds is 9. The number of para-hydroxylation sites is 1. The average molecular weight is 412 g/mol. The van der Waals surface area contributed by atoms with Gasteiger partial charge < -0.3 is 19.7 Å². The molecule has 3 rings (SSSR count). The van der Waals surface area contributed by atoms with E-state index in [1.807, 2.05) is 0 Å². The summed E-state index contributed by atoms with van der Waals surface area (Å²) in [4.78, 5) is 2.14. The fourth-order valence-corrected chi connectivity index (χ4v) is 4.81. The Kier molecular flexibility index (Phi) is 7.43. The molecule has 4 heteroatoms. The smallest absolute Gasteiger partial charge is 0.122 e. The van der Waals surface area contributed by atoms with Crippen molar-refractivity contribution >= 4 is 5.69 Å². The molecule has 1 aliphatic heterocycles. The summed E-state index contributed by atoms with van der Waals surface area (Å²) in [6, 6.07) is 17.5. The van der Waals surface area contributed by atoms with Gasteiger partial charge in [0.25, 0.3) is 0 Å². The minimum absolute atomic E-state index is 0.0683. The van der Waals surface area contributed by atoms with Crippen molar-refractivity contribution in [1.82, 2.24) is 0 Å². The molecule has 1 fully saturated rings. The average Bonchev–Trinajstić information content (AvgIpc) is 2.77. The van der Waals surface area contributed by atoms with Crippen LogP contribution in [0.2, 0.25) is 0 Å². The first-order valence-corrected chi connectivity index (χ1v) is 11.3. The first-order chi connectivity index (χ1) is 14.4. The van der Waals surface area contributed by atoms with Gasteiger partial charge in [-0.1, -0.05) is 37.3 Å². The zero-order chi connectivity index (χ0) is 21.6. The molecule has 1 aliphatic rings. The molecule has 2 aromatic carbocycles. The summed E-state index contributed by atoms with van der Waals surface area (Å²) in [5.74, 6) is 1.01. The number of methoxy groups -OCH3 is 1. The molecule has 0 bridgehead atoms. The maximum absolute atomic E-state index is 6.22. The van der Waals surface area contributed by atoms with Crippen molar-refractivity contribution in [2.24, 2.45) is 0 Å². The maximum Gasteiger partial charge on any atom is 0.122 e. The van der Waals surface area contributed by atoms with Gasteiger partial charge in [-0.25, -0.2) is 0 Å². The summed E-state index contributed by atoms with van der Waals surface area (Å²) in [5, 5.41) is 2.45. The number of benzene rings is 2. The molecule has 0 aromatic heterocycles. The number of hydrogen-bond acceptors (Lipinski definition) is 3. The van der Waals surface area contributed by atoms with Gasteiger partial charge >= 0.3 is 0 Å². The fourth-order valence-electron chi connectivity index (χ4n) is 4.81. The summed E-state index contributed by atoms with van der Waals surface area (Å²) >= 11 is 0. The number of nitrogens with zero attached hydrogens (tertiary/aromatic N) is 1. The van der Waals surface area contributed by atoms with E-state index in [-0.39, 0.29) is 11.0 Å². The van der Waals surface area contributed by atoms with E-state index in [9.17, 15) is 0 Å². The van der Waals surface area contributed by atoms with Crippen molar-refractivity contribution in [3.05, 3.63) is 59.7 Å². The van der Waals surface area contributed by atoms with E-state index in [0.717, 1.165) is 51.1 Å². The predicted octanol–water partition coefficient (Wildman–Crippen LogP) is 4.13. The van der Waals surface area contributed by atoms with Crippen LogP contribution >= 0.6 is 0 Å². The van der Waals surface area contributed by atoms with Crippen LogP contribution in [0.4, 0.5) is 5.69 Å². The van der Waals surface area contributed by atoms with Crippen LogP contribution in [0.5, 0.6) is 5.75 Å². The van der Waals surface area contributed by atoms with Crippen LogP contribution in [0.25, 0.3) is 0 Å². The SMILES string of the molecule is CC[C@@]1(C)C[C@@](CC[NH2+]Cc2ccc(N(C)C)cc2)(c2ccccc2OC)CCO1. The largest absolute Gasteiger partial charge is 0.496 e. The van der Waals surface area contributed by atoms with E-state index in [1.165, 1.54) is 16.8 Å². The van der Waals surface area contributed by atoms with Crippen molar-refractivity contribution in [2.75, 3.05) is 39.3 Å². The van der Waals surface area contributed by atoms with Gasteiger partial charge in [0.2, 0.25) is 0 Å². The minimum atomic E-state index is -0.0683. The Morgan fingerprint density at radius 3 is 2.50 bits per heavy atom. The van der Waals surface area contributed by atoms with Crippen LogP contribution in [0, 0.1) is 0 Å². The summed E-state index contributed by atoms with van der Waals surface area (Å²) in [6.07, 6.45) is 4.25. The summed E-state index contributed by atoms with van der Waals surface area (Å²) in [6.45, 7) is 7.42. The molecule has 2 atom stereocenters. The number of anilines is 1. The standard InChI is InChI=1S/C26H38N2O2/c1-6-25(2)20-26(16-18-30-25,23-9-7-8-10-24(23)29-5)15-17-27-19-21-11-13-22(14-12-21)28(3)4/h7-14,27H,6,15-20H2,1-5H3/p+1/t25-,26-/m0/s1. The van der Waals surface area contributed by atoms with Crippen LogP contribution in [0.15, 0.2) is 48.5 Å². The lowest BCUT2D eigenvalue weighted by atomic mass is 9.66. The molecule has 1 saturated heterocycles. The summed E-state index contributed by atoms with van der Waals surface area (Å²) < 4.78 is 12.0. The van der Waals surface area contributed by atoms with Gasteiger partial charge in [-0.05, 0) is 44.4 Å². The van der Waals surface area contributed by atoms with Crippen LogP contribution < -0.4 is 15.0 Å². The Morgan fingerprint density at radius 1 is 1.10 bits per heavy atom. The zero-order valence-corrected chi connectivity index (χ0v) is 19.4. The highest BCUT2D eigenvalue weighted by Gasteiger charge is 2.44. The van der Waals surface area contributed by atoms with Crippen LogP contribution in [0.3, 0.4) is 0 Å². The molecule has 0 radical (unpaired) electrons. The van der Waals surface area contributed by atoms with E-state index < -0.39 is 0 Å². The number of nitrogens with two attached hydrogens (primary N) is 1. The van der Waals surface area contributed by atoms with Gasteiger partial charge in [-0.15, -0.1) is 0 Å². The van der Waals surface area contributed by atoms with Crippen molar-refractivity contribution in [3.63, 3.8) is 0 Å². The molecule has 2 aromatic rings. The van der Waals surface area contributed by atoms with E-state index >= 15 is 0 Å². The van der Waals surface area contributed by atoms with E-state index in [4.69, 9.17) is 9.47 Å². The van der Waals surface area contributed by atoms with Gasteiger partial charge in [-0.2, -0.15) is 0 Å². The molecule has 4 nitrogen and oxygen atoms in total. The van der Waals surface area contributed by atoms with Crippen LogP contribution in [-0.4, -0.2) is 40.0 Å². The molecule has 0 aliphatic carbocycles. The predicted molar refractivity (Wildman–Crippen MR) is 124 cm³/mol. The first-order valence-electron chi connectivity index (χ1n) is 11.3. The third-order valence-corrected chi connectivity index (χ3v) is 6.83. The second-order valence-corrected chi connectivity index (χ2v) is 9.15. The molecule has 0 saturated carbocycles. The lowest BCUT2D eigenvalue weighted by Crippen LogP contribution is -2.83. The molecule has 1 heterocycles. The lowest BCUT2D eigenvalue weighted by Gasteiger charge is -2.46. The van der Waals surface area contributed by atoms with Crippen molar-refractivity contribution < 1.29 is 14.8 Å². The second kappa shape index (κ2) is 9.84. The Hall–Kier alpha value is -2.04. The third-order valence-electron chi connectivity index (χ3n) is 6.83. The zero-order valence-electron chi connectivity index (χ0n) is 19.4. The Bertz CT molecular complexity index is 805. The normalized spacial score (nSPS) is 23.9. The van der Waals surface area contributed by atoms with Crippen LogP contribution in [0.1, 0.15) is 50.7 Å². The molecular weight excluding hydrogens is 372 g/mol. The van der Waals surface area contributed by atoms with Gasteiger partial charge in [0, 0.05) is 49.4 Å². The quantitative estimate of drug-likeness (QED) is 0.631. The number of quaternary nitrogens is 1. The van der Waals surface area contributed by atoms with Crippen LogP contribution in [-0.2, 0) is 16.7 Å². The van der Waals surface area contributed by atoms with Gasteiger partial charge in [0.05, 0.1) is 19.3 Å². The molecular formula is C26H39N2O2+. The molecule has 30 heavy (non-hydrogen) atoms. The number of ether oxygens (including phenoxy) is 2. The highest BCUT2D eigenvalue weighted by molar-refractivity contribution is 5.45. The Labute approximate surface area is 182 Å². The van der Waals surface area contributed by atoms with Gasteiger partial charge in [0.1, 0.15) is 12.3 Å². The molecule has 0 unspecified atom stereocenters. The van der Waals surface area contributed by atoms with E-state index in [0.29, 0.717) is 0 Å². The van der Waals surface area contributed by atoms with Gasteiger partial charge in [-0.3, -0.25) is 0 Å². The monoisotopic (exact) mass is 411 g/mol. The molecule has 2 N–H and O–H groups in total. The Morgan fingerprint density at radius 2 is 1.83 bits per heavy atom. The summed E-state index contributed by atoms with van der Waals surface area (Å²) in [7, 11) is 5.95. The Balaban J connectivity index is 1.72. The van der Waals surface area contributed by atoms with Gasteiger partial charge in [0.15, 0.2) is 0 Å². The third kappa shape index (κ3) is 5.16. The first kappa shape index (κ1) is 22.6. The highest BCUT2D eigenvalue weighted by Crippen LogP contribution is 2.47. The lowest BCUT2D eigenvalue weighted by molar-refractivity contribution is -0.672. The van der Waals surface area contributed by atoms with Crippen molar-refractivity contribution in [2.45, 2.75) is 57.1 Å². The van der Waals surface area contributed by atoms with Crippen molar-refractivity contribution in [1.29, 1.82) is 0 Å². The topological polar surface area (TPSA) is 38.3 Å². The second-order valence-electron chi connectivity index (χ2n) is 9.15. The molecule has 164 valence electrons. The molecule has 0 amide bonds. The van der Waals surface area contributed by atoms with Crippen molar-refractivity contribution in [3.8, 4) is 5.75 Å². The van der Waals surface area contributed by atoms with E-state index in [1.54, 1.807) is 7.11 Å². The molecule has 0 spiro atoms. The summed E-state index contributed by atoms with van der Waals surface area (Å²) in [5.41, 5.74) is 3.99. The minimum Gasteiger partial charge on any atom is -0.496 e. The maximum atomic E-state index is 6.22. The number of hydrogen-bond donors (Lipinski definition) is 1. The highest BCUT2D eigenvalue weighted by atomic mass is 16.5.